The second-order valence-electron chi connectivity index (χ2n) is 5.56. The first-order valence-electron chi connectivity index (χ1n) is 7.21. The minimum absolute atomic E-state index is 0.167. The number of amides is 1. The van der Waals surface area contributed by atoms with Gasteiger partial charge in [0.15, 0.2) is 0 Å². The van der Waals surface area contributed by atoms with Gasteiger partial charge in [-0.25, -0.2) is 0 Å². The topological polar surface area (TPSA) is 40.5 Å². The Hall–Kier alpha value is -0.570. The summed E-state index contributed by atoms with van der Waals surface area (Å²) >= 11 is 0. The van der Waals surface area contributed by atoms with Crippen LogP contribution < -0.4 is 0 Å². The van der Waals surface area contributed by atoms with Gasteiger partial charge in [-0.15, -0.1) is 0 Å². The summed E-state index contributed by atoms with van der Waals surface area (Å²) in [4.78, 5) is 14.2. The van der Waals surface area contributed by atoms with Crippen LogP contribution in [0.3, 0.4) is 0 Å². The highest BCUT2D eigenvalue weighted by molar-refractivity contribution is 5.76. The van der Waals surface area contributed by atoms with Crippen molar-refractivity contribution >= 4 is 5.91 Å². The number of hydrogen-bond acceptors (Lipinski definition) is 2. The fourth-order valence-corrected chi connectivity index (χ4v) is 3.44. The molecule has 3 heteroatoms. The molecule has 1 aliphatic heterocycles. The van der Waals surface area contributed by atoms with Crippen molar-refractivity contribution in [2.45, 2.75) is 70.4 Å². The minimum atomic E-state index is -0.167. The molecule has 3 nitrogen and oxygen atoms in total. The number of carbonyl (C=O) groups excluding carboxylic acids is 1. The number of hydrogen-bond donors (Lipinski definition) is 1. The standard InChI is InChI=1S/C14H25NO2/c1-2-3-9-14(17)15-10-5-7-12(15)11-6-4-8-13(11)16/h11-13,16H,2-10H2,1H3. The van der Waals surface area contributed by atoms with Crippen LogP contribution in [0.25, 0.3) is 0 Å². The molecule has 1 saturated heterocycles. The Bertz CT molecular complexity index is 267. The molecule has 1 saturated carbocycles. The predicted molar refractivity (Wildman–Crippen MR) is 67.6 cm³/mol. The number of rotatable bonds is 4. The van der Waals surface area contributed by atoms with E-state index in [9.17, 15) is 9.90 Å². The van der Waals surface area contributed by atoms with Crippen LogP contribution in [-0.4, -0.2) is 34.6 Å². The van der Waals surface area contributed by atoms with E-state index in [2.05, 4.69) is 11.8 Å². The fourth-order valence-electron chi connectivity index (χ4n) is 3.44. The van der Waals surface area contributed by atoms with Crippen LogP contribution in [0.2, 0.25) is 0 Å². The molecule has 3 unspecified atom stereocenters. The number of aliphatic hydroxyl groups excluding tert-OH is 1. The van der Waals surface area contributed by atoms with Crippen molar-refractivity contribution in [2.24, 2.45) is 5.92 Å². The van der Waals surface area contributed by atoms with E-state index in [1.165, 1.54) is 0 Å². The molecule has 2 rings (SSSR count). The lowest BCUT2D eigenvalue weighted by atomic mass is 9.94. The molecule has 0 aromatic heterocycles. The van der Waals surface area contributed by atoms with Crippen LogP contribution in [0.5, 0.6) is 0 Å². The molecule has 0 aromatic rings. The fraction of sp³-hybridized carbons (Fsp3) is 0.929. The average Bonchev–Trinajstić information content (AvgIpc) is 2.93. The zero-order chi connectivity index (χ0) is 12.3. The first-order chi connectivity index (χ1) is 8.24. The van der Waals surface area contributed by atoms with E-state index in [4.69, 9.17) is 0 Å². The van der Waals surface area contributed by atoms with E-state index in [-0.39, 0.29) is 6.10 Å². The van der Waals surface area contributed by atoms with Crippen LogP contribution >= 0.6 is 0 Å². The Balaban J connectivity index is 1.94. The number of likely N-dealkylation sites (tertiary alicyclic amines) is 1. The maximum Gasteiger partial charge on any atom is 0.222 e. The summed E-state index contributed by atoms with van der Waals surface area (Å²) < 4.78 is 0. The minimum Gasteiger partial charge on any atom is -0.393 e. The number of aliphatic hydroxyl groups is 1. The summed E-state index contributed by atoms with van der Waals surface area (Å²) in [5, 5.41) is 9.99. The van der Waals surface area contributed by atoms with Crippen molar-refractivity contribution in [3.8, 4) is 0 Å². The molecule has 1 aliphatic carbocycles. The Labute approximate surface area is 104 Å². The van der Waals surface area contributed by atoms with Crippen molar-refractivity contribution < 1.29 is 9.90 Å². The Morgan fingerprint density at radius 3 is 2.76 bits per heavy atom. The second kappa shape index (κ2) is 5.85. The normalized spacial score (nSPS) is 33.3. The predicted octanol–water partition coefficient (Wildman–Crippen LogP) is 2.33. The Morgan fingerprint density at radius 1 is 1.29 bits per heavy atom. The first-order valence-corrected chi connectivity index (χ1v) is 7.21. The van der Waals surface area contributed by atoms with Crippen LogP contribution in [0.4, 0.5) is 0 Å². The van der Waals surface area contributed by atoms with Gasteiger partial charge in [0.05, 0.1) is 6.10 Å². The first kappa shape index (κ1) is 12.9. The van der Waals surface area contributed by atoms with Crippen molar-refractivity contribution in [3.05, 3.63) is 0 Å². The van der Waals surface area contributed by atoms with Gasteiger partial charge in [-0.2, -0.15) is 0 Å². The van der Waals surface area contributed by atoms with E-state index >= 15 is 0 Å². The summed E-state index contributed by atoms with van der Waals surface area (Å²) in [5.74, 6) is 0.663. The smallest absolute Gasteiger partial charge is 0.222 e. The average molecular weight is 239 g/mol. The third-order valence-electron chi connectivity index (χ3n) is 4.39. The SMILES string of the molecule is CCCCC(=O)N1CCCC1C1CCCC1O. The zero-order valence-electron chi connectivity index (χ0n) is 10.9. The molecule has 2 fully saturated rings. The summed E-state index contributed by atoms with van der Waals surface area (Å²) in [7, 11) is 0. The molecule has 3 atom stereocenters. The molecule has 98 valence electrons. The lowest BCUT2D eigenvalue weighted by molar-refractivity contribution is -0.133. The van der Waals surface area contributed by atoms with Gasteiger partial charge in [-0.1, -0.05) is 19.8 Å². The summed E-state index contributed by atoms with van der Waals surface area (Å²) in [6, 6.07) is 0.330. The van der Waals surface area contributed by atoms with Crippen molar-refractivity contribution in [1.29, 1.82) is 0 Å². The van der Waals surface area contributed by atoms with Crippen molar-refractivity contribution in [1.82, 2.24) is 4.90 Å². The molecule has 0 aromatic carbocycles. The molecular weight excluding hydrogens is 214 g/mol. The highest BCUT2D eigenvalue weighted by Crippen LogP contribution is 2.36. The van der Waals surface area contributed by atoms with Crippen LogP contribution in [-0.2, 0) is 4.79 Å². The van der Waals surface area contributed by atoms with Crippen molar-refractivity contribution in [2.75, 3.05) is 6.54 Å². The van der Waals surface area contributed by atoms with Gasteiger partial charge in [-0.05, 0) is 32.1 Å². The van der Waals surface area contributed by atoms with Gasteiger partial charge >= 0.3 is 0 Å². The second-order valence-corrected chi connectivity index (χ2v) is 5.56. The third kappa shape index (κ3) is 2.82. The number of unbranched alkanes of at least 4 members (excludes halogenated alkanes) is 1. The van der Waals surface area contributed by atoms with Crippen molar-refractivity contribution in [3.63, 3.8) is 0 Å². The number of carbonyl (C=O) groups is 1. The van der Waals surface area contributed by atoms with Gasteiger partial charge in [0.1, 0.15) is 0 Å². The van der Waals surface area contributed by atoms with E-state index in [0.717, 1.165) is 51.5 Å². The van der Waals surface area contributed by atoms with E-state index in [1.54, 1.807) is 0 Å². The number of nitrogens with zero attached hydrogens (tertiary/aromatic N) is 1. The molecule has 1 heterocycles. The molecule has 17 heavy (non-hydrogen) atoms. The van der Waals surface area contributed by atoms with E-state index in [0.29, 0.717) is 24.3 Å². The van der Waals surface area contributed by atoms with Gasteiger partial charge < -0.3 is 10.0 Å². The zero-order valence-corrected chi connectivity index (χ0v) is 10.9. The lowest BCUT2D eigenvalue weighted by Crippen LogP contribution is -2.42. The Morgan fingerprint density at radius 2 is 2.12 bits per heavy atom. The quantitative estimate of drug-likeness (QED) is 0.818. The summed E-state index contributed by atoms with van der Waals surface area (Å²) in [5.41, 5.74) is 0. The highest BCUT2D eigenvalue weighted by Gasteiger charge is 2.39. The van der Waals surface area contributed by atoms with Crippen LogP contribution in [0.15, 0.2) is 0 Å². The maximum atomic E-state index is 12.1. The molecule has 0 radical (unpaired) electrons. The molecule has 0 spiro atoms. The molecule has 2 aliphatic rings. The van der Waals surface area contributed by atoms with Crippen LogP contribution in [0.1, 0.15) is 58.3 Å². The lowest BCUT2D eigenvalue weighted by Gasteiger charge is -2.31. The molecule has 1 N–H and O–H groups in total. The highest BCUT2D eigenvalue weighted by atomic mass is 16.3. The molecular formula is C14H25NO2. The Kier molecular flexibility index (Phi) is 4.43. The maximum absolute atomic E-state index is 12.1. The molecule has 1 amide bonds. The monoisotopic (exact) mass is 239 g/mol. The molecule has 0 bridgehead atoms. The third-order valence-corrected chi connectivity index (χ3v) is 4.39. The van der Waals surface area contributed by atoms with Gasteiger partial charge in [-0.3, -0.25) is 4.79 Å². The summed E-state index contributed by atoms with van der Waals surface area (Å²) in [6.07, 6.45) is 7.97. The van der Waals surface area contributed by atoms with Gasteiger partial charge in [0.25, 0.3) is 0 Å². The summed E-state index contributed by atoms with van der Waals surface area (Å²) in [6.45, 7) is 3.03. The van der Waals surface area contributed by atoms with Gasteiger partial charge in [0.2, 0.25) is 5.91 Å². The van der Waals surface area contributed by atoms with Crippen LogP contribution in [0, 0.1) is 5.92 Å². The van der Waals surface area contributed by atoms with Gasteiger partial charge in [0, 0.05) is 24.9 Å². The van der Waals surface area contributed by atoms with E-state index in [1.807, 2.05) is 0 Å². The van der Waals surface area contributed by atoms with E-state index < -0.39 is 0 Å². The largest absolute Gasteiger partial charge is 0.393 e.